The molecular weight excluding hydrogens is 328 g/mol. The Balaban J connectivity index is 1.57. The lowest BCUT2D eigenvalue weighted by molar-refractivity contribution is 0.226. The van der Waals surface area contributed by atoms with Crippen LogP contribution in [-0.2, 0) is 13.2 Å². The number of anilines is 1. The molecule has 132 valence electrons. The van der Waals surface area contributed by atoms with Crippen LogP contribution in [0.25, 0.3) is 11.2 Å². The quantitative estimate of drug-likeness (QED) is 0.660. The van der Waals surface area contributed by atoms with Gasteiger partial charge in [-0.05, 0) is 23.1 Å². The normalized spacial score (nSPS) is 16.7. The molecule has 0 saturated carbocycles. The molecule has 0 radical (unpaired) electrons. The SMILES string of the molecule is OCc1ccc(CNc2nccn3c(C4=CCC(O)C=C4)cnc23)cc1. The first-order chi connectivity index (χ1) is 12.7. The molecule has 6 heteroatoms. The fourth-order valence-electron chi connectivity index (χ4n) is 3.00. The number of aliphatic hydroxyl groups is 2. The van der Waals surface area contributed by atoms with E-state index in [2.05, 4.69) is 15.3 Å². The van der Waals surface area contributed by atoms with Crippen LogP contribution >= 0.6 is 0 Å². The second-order valence-corrected chi connectivity index (χ2v) is 6.26. The first-order valence-electron chi connectivity index (χ1n) is 8.56. The van der Waals surface area contributed by atoms with E-state index < -0.39 is 6.10 Å². The van der Waals surface area contributed by atoms with Crippen LogP contribution in [-0.4, -0.2) is 30.7 Å². The molecule has 0 bridgehead atoms. The van der Waals surface area contributed by atoms with Gasteiger partial charge in [-0.2, -0.15) is 0 Å². The summed E-state index contributed by atoms with van der Waals surface area (Å²) >= 11 is 0. The van der Waals surface area contributed by atoms with Gasteiger partial charge in [-0.1, -0.05) is 42.5 Å². The Bertz CT molecular complexity index is 973. The van der Waals surface area contributed by atoms with E-state index in [0.29, 0.717) is 18.8 Å². The minimum absolute atomic E-state index is 0.0484. The van der Waals surface area contributed by atoms with Crippen LogP contribution < -0.4 is 5.32 Å². The van der Waals surface area contributed by atoms with Crippen LogP contribution in [0.4, 0.5) is 5.82 Å². The molecule has 0 amide bonds. The number of imidazole rings is 1. The van der Waals surface area contributed by atoms with Gasteiger partial charge >= 0.3 is 0 Å². The number of allylic oxidation sites excluding steroid dienone is 2. The van der Waals surface area contributed by atoms with E-state index in [-0.39, 0.29) is 6.61 Å². The van der Waals surface area contributed by atoms with E-state index in [0.717, 1.165) is 28.0 Å². The van der Waals surface area contributed by atoms with Crippen LogP contribution in [0.15, 0.2) is 61.1 Å². The molecular formula is C20H20N4O2. The van der Waals surface area contributed by atoms with Crippen molar-refractivity contribution in [3.63, 3.8) is 0 Å². The predicted molar refractivity (Wildman–Crippen MR) is 100 cm³/mol. The molecule has 6 nitrogen and oxygen atoms in total. The van der Waals surface area contributed by atoms with Gasteiger partial charge in [0.05, 0.1) is 24.6 Å². The van der Waals surface area contributed by atoms with E-state index in [1.807, 2.05) is 53.2 Å². The molecule has 1 aromatic carbocycles. The predicted octanol–water partition coefficient (Wildman–Crippen LogP) is 2.54. The van der Waals surface area contributed by atoms with Crippen LogP contribution in [0, 0.1) is 0 Å². The highest BCUT2D eigenvalue weighted by atomic mass is 16.3. The van der Waals surface area contributed by atoms with E-state index in [4.69, 9.17) is 5.11 Å². The van der Waals surface area contributed by atoms with Crippen LogP contribution in [0.5, 0.6) is 0 Å². The average Bonchev–Trinajstić information content (AvgIpc) is 3.12. The van der Waals surface area contributed by atoms with Crippen molar-refractivity contribution in [2.75, 3.05) is 5.32 Å². The number of hydrogen-bond acceptors (Lipinski definition) is 5. The monoisotopic (exact) mass is 348 g/mol. The van der Waals surface area contributed by atoms with Gasteiger partial charge in [0.25, 0.3) is 0 Å². The van der Waals surface area contributed by atoms with E-state index in [1.165, 1.54) is 0 Å². The highest BCUT2D eigenvalue weighted by Gasteiger charge is 2.13. The summed E-state index contributed by atoms with van der Waals surface area (Å²) in [6, 6.07) is 7.79. The fourth-order valence-corrected chi connectivity index (χ4v) is 3.00. The maximum Gasteiger partial charge on any atom is 0.180 e. The molecule has 2 aromatic heterocycles. The van der Waals surface area contributed by atoms with Crippen molar-refractivity contribution < 1.29 is 10.2 Å². The van der Waals surface area contributed by atoms with Crippen molar-refractivity contribution in [3.8, 4) is 0 Å². The number of aromatic nitrogens is 3. The minimum Gasteiger partial charge on any atom is -0.392 e. The Hall–Kier alpha value is -2.96. The first-order valence-corrected chi connectivity index (χ1v) is 8.56. The third-order valence-corrected chi connectivity index (χ3v) is 4.47. The van der Waals surface area contributed by atoms with E-state index in [9.17, 15) is 5.11 Å². The lowest BCUT2D eigenvalue weighted by atomic mass is 10.0. The standard InChI is InChI=1S/C20H20N4O2/c25-13-15-3-1-14(2-4-15)11-22-19-20-23-12-18(24(20)10-9-21-19)16-5-7-17(26)8-6-16/h1-7,9-10,12,17,25-26H,8,11,13H2,(H,21,22). The maximum atomic E-state index is 9.61. The number of benzene rings is 1. The molecule has 1 unspecified atom stereocenters. The molecule has 0 aliphatic heterocycles. The number of fused-ring (bicyclic) bond motifs is 1. The van der Waals surface area contributed by atoms with Gasteiger partial charge in [0.15, 0.2) is 11.5 Å². The summed E-state index contributed by atoms with van der Waals surface area (Å²) in [5, 5.41) is 22.1. The van der Waals surface area contributed by atoms with Crippen molar-refractivity contribution >= 4 is 17.0 Å². The molecule has 1 atom stereocenters. The lowest BCUT2D eigenvalue weighted by Crippen LogP contribution is -2.06. The second-order valence-electron chi connectivity index (χ2n) is 6.26. The Morgan fingerprint density at radius 3 is 2.69 bits per heavy atom. The van der Waals surface area contributed by atoms with Crippen molar-refractivity contribution in [1.29, 1.82) is 0 Å². The zero-order valence-electron chi connectivity index (χ0n) is 14.2. The van der Waals surface area contributed by atoms with Gasteiger partial charge in [0.2, 0.25) is 0 Å². The average molecular weight is 348 g/mol. The summed E-state index contributed by atoms with van der Waals surface area (Å²) < 4.78 is 2.00. The first kappa shape index (κ1) is 16.5. The summed E-state index contributed by atoms with van der Waals surface area (Å²) in [7, 11) is 0. The molecule has 2 heterocycles. The lowest BCUT2D eigenvalue weighted by Gasteiger charge is -2.11. The zero-order chi connectivity index (χ0) is 17.9. The molecule has 0 spiro atoms. The van der Waals surface area contributed by atoms with Crippen LogP contribution in [0.2, 0.25) is 0 Å². The smallest absolute Gasteiger partial charge is 0.180 e. The molecule has 1 aliphatic carbocycles. The Morgan fingerprint density at radius 1 is 1.15 bits per heavy atom. The number of nitrogens with zero attached hydrogens (tertiary/aromatic N) is 3. The topological polar surface area (TPSA) is 82.7 Å². The maximum absolute atomic E-state index is 9.61. The summed E-state index contributed by atoms with van der Waals surface area (Å²) in [4.78, 5) is 8.93. The third kappa shape index (κ3) is 3.24. The van der Waals surface area contributed by atoms with Crippen LogP contribution in [0.3, 0.4) is 0 Å². The van der Waals surface area contributed by atoms with Crippen molar-refractivity contribution in [2.45, 2.75) is 25.7 Å². The van der Waals surface area contributed by atoms with Gasteiger partial charge in [-0.3, -0.25) is 4.40 Å². The molecule has 0 fully saturated rings. The third-order valence-electron chi connectivity index (χ3n) is 4.47. The largest absolute Gasteiger partial charge is 0.392 e. The van der Waals surface area contributed by atoms with Gasteiger partial charge < -0.3 is 15.5 Å². The van der Waals surface area contributed by atoms with E-state index >= 15 is 0 Å². The molecule has 4 rings (SSSR count). The number of aliphatic hydroxyl groups excluding tert-OH is 2. The van der Waals surface area contributed by atoms with E-state index in [1.54, 1.807) is 12.3 Å². The highest BCUT2D eigenvalue weighted by molar-refractivity contribution is 5.76. The minimum atomic E-state index is -0.408. The second kappa shape index (κ2) is 7.11. The van der Waals surface area contributed by atoms with Crippen molar-refractivity contribution in [3.05, 3.63) is 77.9 Å². The van der Waals surface area contributed by atoms with Gasteiger partial charge in [-0.25, -0.2) is 9.97 Å². The zero-order valence-corrected chi connectivity index (χ0v) is 14.2. The Kier molecular flexibility index (Phi) is 4.51. The highest BCUT2D eigenvalue weighted by Crippen LogP contribution is 2.24. The molecule has 3 aromatic rings. The molecule has 3 N–H and O–H groups in total. The van der Waals surface area contributed by atoms with Crippen LogP contribution in [0.1, 0.15) is 23.2 Å². The van der Waals surface area contributed by atoms with Gasteiger partial charge in [-0.15, -0.1) is 0 Å². The summed E-state index contributed by atoms with van der Waals surface area (Å²) in [6.07, 6.45) is 11.4. The number of nitrogens with one attached hydrogen (secondary N) is 1. The number of hydrogen-bond donors (Lipinski definition) is 3. The van der Waals surface area contributed by atoms with Gasteiger partial charge in [0, 0.05) is 18.9 Å². The molecule has 1 aliphatic rings. The summed E-state index contributed by atoms with van der Waals surface area (Å²) in [5.41, 5.74) is 4.77. The van der Waals surface area contributed by atoms with Crippen molar-refractivity contribution in [2.24, 2.45) is 0 Å². The van der Waals surface area contributed by atoms with Gasteiger partial charge in [0.1, 0.15) is 0 Å². The summed E-state index contributed by atoms with van der Waals surface area (Å²) in [6.45, 7) is 0.669. The Morgan fingerprint density at radius 2 is 1.96 bits per heavy atom. The summed E-state index contributed by atoms with van der Waals surface area (Å²) in [5.74, 6) is 0.713. The Labute approximate surface area is 151 Å². The molecule has 0 saturated heterocycles. The number of rotatable bonds is 5. The fraction of sp³-hybridized carbons (Fsp3) is 0.200. The molecule has 26 heavy (non-hydrogen) atoms. The van der Waals surface area contributed by atoms with Crippen molar-refractivity contribution in [1.82, 2.24) is 14.4 Å².